The third-order valence-corrected chi connectivity index (χ3v) is 9.20. The summed E-state index contributed by atoms with van der Waals surface area (Å²) in [4.78, 5) is 15.5. The lowest BCUT2D eigenvalue weighted by Gasteiger charge is -2.36. The molecule has 37 heavy (non-hydrogen) atoms. The summed E-state index contributed by atoms with van der Waals surface area (Å²) in [5.74, 6) is -0.529. The first kappa shape index (κ1) is 25.4. The second-order valence-corrected chi connectivity index (χ2v) is 12.0. The van der Waals surface area contributed by atoms with E-state index in [2.05, 4.69) is 5.10 Å². The summed E-state index contributed by atoms with van der Waals surface area (Å²) in [6, 6.07) is 13.0. The van der Waals surface area contributed by atoms with Gasteiger partial charge >= 0.3 is 5.56 Å². The van der Waals surface area contributed by atoms with Crippen molar-refractivity contribution in [1.29, 1.82) is 0 Å². The third-order valence-electron chi connectivity index (χ3n) is 6.92. The number of nitrogens with zero attached hydrogens (tertiary/aromatic N) is 4. The quantitative estimate of drug-likeness (QED) is 0.523. The highest BCUT2D eigenvalue weighted by Gasteiger charge is 2.35. The topological polar surface area (TPSA) is 105 Å². The minimum Gasteiger partial charge on any atom is -0.479 e. The van der Waals surface area contributed by atoms with Crippen LogP contribution in [0.15, 0.2) is 59.5 Å². The van der Waals surface area contributed by atoms with Gasteiger partial charge in [0, 0.05) is 32.6 Å². The number of anilines is 1. The Hall–Kier alpha value is -3.28. The molecule has 1 aliphatic carbocycles. The summed E-state index contributed by atoms with van der Waals surface area (Å²) < 4.78 is 47.9. The number of sulfonamides is 1. The second-order valence-electron chi connectivity index (χ2n) is 9.54. The average molecular weight is 529 g/mol. The number of rotatable bonds is 6. The Labute approximate surface area is 214 Å². The molecule has 0 amide bonds. The van der Waals surface area contributed by atoms with Gasteiger partial charge in [-0.25, -0.2) is 12.8 Å². The molecule has 1 saturated heterocycles. The summed E-state index contributed by atoms with van der Waals surface area (Å²) in [5, 5.41) is 14.7. The Morgan fingerprint density at radius 3 is 2.49 bits per heavy atom. The molecule has 2 unspecified atom stereocenters. The molecule has 0 spiro atoms. The predicted molar refractivity (Wildman–Crippen MR) is 137 cm³/mol. The molecule has 2 atom stereocenters. The monoisotopic (exact) mass is 528 g/mol. The number of halogens is 1. The highest BCUT2D eigenvalue weighted by atomic mass is 32.2. The van der Waals surface area contributed by atoms with Crippen LogP contribution in [0.5, 0.6) is 5.75 Å². The highest BCUT2D eigenvalue weighted by Crippen LogP contribution is 2.36. The molecule has 2 heterocycles. The molecule has 5 rings (SSSR count). The van der Waals surface area contributed by atoms with Crippen LogP contribution in [0.4, 0.5) is 10.1 Å². The van der Waals surface area contributed by atoms with E-state index < -0.39 is 38.9 Å². The first-order valence-corrected chi connectivity index (χ1v) is 13.7. The van der Waals surface area contributed by atoms with E-state index in [0.717, 1.165) is 15.8 Å². The number of piperazine rings is 1. The number of hydrogen-bond donors (Lipinski definition) is 1. The van der Waals surface area contributed by atoms with Gasteiger partial charge in [0.05, 0.1) is 17.1 Å². The van der Waals surface area contributed by atoms with Crippen molar-refractivity contribution in [3.8, 4) is 11.4 Å². The third kappa shape index (κ3) is 4.74. The van der Waals surface area contributed by atoms with Gasteiger partial charge in [0.1, 0.15) is 23.7 Å². The van der Waals surface area contributed by atoms with Crippen LogP contribution < -0.4 is 15.2 Å². The second kappa shape index (κ2) is 9.88. The minimum atomic E-state index is -3.40. The van der Waals surface area contributed by atoms with E-state index in [9.17, 15) is 22.7 Å². The molecule has 1 fully saturated rings. The molecule has 196 valence electrons. The number of aliphatic hydroxyl groups excluding tert-OH is 1. The van der Waals surface area contributed by atoms with E-state index in [4.69, 9.17) is 4.74 Å². The van der Waals surface area contributed by atoms with Crippen molar-refractivity contribution < 1.29 is 22.7 Å². The molecule has 0 radical (unpaired) electrons. The summed E-state index contributed by atoms with van der Waals surface area (Å²) >= 11 is 0. The lowest BCUT2D eigenvalue weighted by molar-refractivity contribution is 0.0483. The number of aliphatic hydroxyl groups is 1. The van der Waals surface area contributed by atoms with Crippen LogP contribution in [0.1, 0.15) is 31.1 Å². The Bertz CT molecular complexity index is 1470. The summed E-state index contributed by atoms with van der Waals surface area (Å²) in [6.07, 6.45) is 0.267. The van der Waals surface area contributed by atoms with E-state index in [-0.39, 0.29) is 24.5 Å². The van der Waals surface area contributed by atoms with Gasteiger partial charge in [-0.3, -0.25) is 4.79 Å². The van der Waals surface area contributed by atoms with Gasteiger partial charge in [0.25, 0.3) is 0 Å². The Morgan fingerprint density at radius 2 is 1.81 bits per heavy atom. The molecule has 1 N–H and O–H groups in total. The predicted octanol–water partition coefficient (Wildman–Crippen LogP) is 2.27. The van der Waals surface area contributed by atoms with Gasteiger partial charge in [-0.05, 0) is 43.2 Å². The molecule has 11 heteroatoms. The molecule has 1 aliphatic heterocycles. The van der Waals surface area contributed by atoms with Crippen LogP contribution in [0.2, 0.25) is 0 Å². The van der Waals surface area contributed by atoms with Crippen molar-refractivity contribution in [1.82, 2.24) is 14.1 Å². The molecule has 0 bridgehead atoms. The molecule has 3 aromatic rings. The summed E-state index contributed by atoms with van der Waals surface area (Å²) in [5.41, 5.74) is 1.74. The molecular formula is C26H29FN4O5S. The number of benzene rings is 2. The van der Waals surface area contributed by atoms with Crippen molar-refractivity contribution in [3.63, 3.8) is 0 Å². The number of ether oxygens (including phenoxy) is 1. The van der Waals surface area contributed by atoms with E-state index in [1.807, 2.05) is 29.2 Å². The first-order chi connectivity index (χ1) is 17.7. The van der Waals surface area contributed by atoms with Crippen LogP contribution in [-0.2, 0) is 16.4 Å². The number of aromatic nitrogens is 2. The van der Waals surface area contributed by atoms with Gasteiger partial charge in [-0.1, -0.05) is 30.3 Å². The van der Waals surface area contributed by atoms with Crippen LogP contribution in [0.25, 0.3) is 5.69 Å². The van der Waals surface area contributed by atoms with Crippen molar-refractivity contribution in [2.75, 3.05) is 31.1 Å². The molecule has 0 saturated carbocycles. The molecular weight excluding hydrogens is 499 g/mol. The zero-order valence-corrected chi connectivity index (χ0v) is 21.4. The average Bonchev–Trinajstić information content (AvgIpc) is 3.20. The number of hydrogen-bond acceptors (Lipinski definition) is 7. The fourth-order valence-corrected chi connectivity index (χ4v) is 6.10. The van der Waals surface area contributed by atoms with E-state index in [1.54, 1.807) is 19.9 Å². The lowest BCUT2D eigenvalue weighted by atomic mass is 10.1. The van der Waals surface area contributed by atoms with Crippen LogP contribution >= 0.6 is 0 Å². The standard InChI is InChI=1S/C26H29FN4O5S/c1-17(2)37(34,35)30-12-10-29(11-13-30)22-16-28-31(20-8-5-7-19(27)15-20)26(33)25(22)36-23-14-18-6-3-4-9-21(18)24(23)32/h3-9,15-17,23-24,32H,10-14H2,1-2H3. The maximum atomic E-state index is 13.9. The van der Waals surface area contributed by atoms with Gasteiger partial charge in [0.15, 0.2) is 0 Å². The van der Waals surface area contributed by atoms with E-state index in [0.29, 0.717) is 25.2 Å². The Balaban J connectivity index is 1.50. The fourth-order valence-electron chi connectivity index (χ4n) is 4.83. The lowest BCUT2D eigenvalue weighted by Crippen LogP contribution is -2.50. The van der Waals surface area contributed by atoms with Gasteiger partial charge < -0.3 is 14.7 Å². The van der Waals surface area contributed by atoms with Crippen LogP contribution in [0, 0.1) is 5.82 Å². The van der Waals surface area contributed by atoms with Crippen molar-refractivity contribution in [2.24, 2.45) is 0 Å². The summed E-state index contributed by atoms with van der Waals surface area (Å²) in [6.45, 7) is 4.47. The first-order valence-electron chi connectivity index (χ1n) is 12.2. The Kier molecular flexibility index (Phi) is 6.78. The molecule has 2 aromatic carbocycles. The largest absolute Gasteiger partial charge is 0.479 e. The van der Waals surface area contributed by atoms with E-state index in [1.165, 1.54) is 28.7 Å². The van der Waals surface area contributed by atoms with E-state index >= 15 is 0 Å². The molecule has 1 aromatic heterocycles. The highest BCUT2D eigenvalue weighted by molar-refractivity contribution is 7.89. The minimum absolute atomic E-state index is 0.0173. The molecule has 2 aliphatic rings. The number of fused-ring (bicyclic) bond motifs is 1. The van der Waals surface area contributed by atoms with Crippen LogP contribution in [-0.4, -0.2) is 65.1 Å². The van der Waals surface area contributed by atoms with Crippen molar-refractivity contribution in [3.05, 3.63) is 82.0 Å². The SMILES string of the molecule is CC(C)S(=O)(=O)N1CCN(c2cnn(-c3cccc(F)c3)c(=O)c2OC2Cc3ccccc3C2O)CC1. The maximum Gasteiger partial charge on any atom is 0.316 e. The Morgan fingerprint density at radius 1 is 1.08 bits per heavy atom. The zero-order valence-electron chi connectivity index (χ0n) is 20.6. The van der Waals surface area contributed by atoms with Gasteiger partial charge in [0.2, 0.25) is 15.8 Å². The fraction of sp³-hybridized carbons (Fsp3) is 0.385. The smallest absolute Gasteiger partial charge is 0.316 e. The van der Waals surface area contributed by atoms with Gasteiger partial charge in [-0.15, -0.1) is 0 Å². The summed E-state index contributed by atoms with van der Waals surface area (Å²) in [7, 11) is -3.40. The van der Waals surface area contributed by atoms with Gasteiger partial charge in [-0.2, -0.15) is 14.1 Å². The normalized spacial score (nSPS) is 20.3. The molecule has 9 nitrogen and oxygen atoms in total. The zero-order chi connectivity index (χ0) is 26.3. The van der Waals surface area contributed by atoms with Crippen LogP contribution in [0.3, 0.4) is 0 Å². The van der Waals surface area contributed by atoms with Crippen molar-refractivity contribution in [2.45, 2.75) is 37.7 Å². The maximum absolute atomic E-state index is 13.9. The van der Waals surface area contributed by atoms with Crippen molar-refractivity contribution >= 4 is 15.7 Å².